The van der Waals surface area contributed by atoms with Crippen molar-refractivity contribution in [3.8, 4) is 5.75 Å². The number of aliphatic hydroxyl groups is 1. The van der Waals surface area contributed by atoms with Crippen molar-refractivity contribution < 1.29 is 14.6 Å². The van der Waals surface area contributed by atoms with Gasteiger partial charge in [-0.05, 0) is 25.0 Å². The van der Waals surface area contributed by atoms with Crippen molar-refractivity contribution in [1.29, 1.82) is 0 Å². The van der Waals surface area contributed by atoms with E-state index in [-0.39, 0.29) is 18.6 Å². The molecule has 0 spiro atoms. The minimum atomic E-state index is -0.0359. The van der Waals surface area contributed by atoms with Gasteiger partial charge in [-0.25, -0.2) is 0 Å². The molecule has 1 amide bonds. The minimum Gasteiger partial charge on any atom is -0.493 e. The average Bonchev–Trinajstić information content (AvgIpc) is 2.39. The number of carbonyl (C=O) groups excluding carboxylic acids is 1. The summed E-state index contributed by atoms with van der Waals surface area (Å²) in [7, 11) is 0. The van der Waals surface area contributed by atoms with Gasteiger partial charge in [-0.2, -0.15) is 0 Å². The molecule has 0 aromatic heterocycles. The fourth-order valence-corrected chi connectivity index (χ4v) is 1.61. The highest BCUT2D eigenvalue weighted by atomic mass is 16.5. The van der Waals surface area contributed by atoms with Gasteiger partial charge in [0.25, 0.3) is 0 Å². The zero-order valence-electron chi connectivity index (χ0n) is 10.8. The Bertz CT molecular complexity index is 340. The highest BCUT2D eigenvalue weighted by Gasteiger charge is 2.09. The summed E-state index contributed by atoms with van der Waals surface area (Å²) in [5.74, 6) is 0.735. The molecular weight excluding hydrogens is 230 g/mol. The fraction of sp³-hybridized carbons (Fsp3) is 0.500. The molecule has 1 rings (SSSR count). The van der Waals surface area contributed by atoms with E-state index in [0.29, 0.717) is 19.4 Å². The maximum absolute atomic E-state index is 11.6. The lowest BCUT2D eigenvalue weighted by atomic mass is 10.1. The largest absolute Gasteiger partial charge is 0.493 e. The molecule has 1 aromatic rings. The molecule has 0 aliphatic rings. The molecule has 1 atom stereocenters. The van der Waals surface area contributed by atoms with Gasteiger partial charge in [0, 0.05) is 12.6 Å². The summed E-state index contributed by atoms with van der Waals surface area (Å²) in [6.45, 7) is 2.45. The van der Waals surface area contributed by atoms with Crippen molar-refractivity contribution in [2.24, 2.45) is 0 Å². The average molecular weight is 251 g/mol. The van der Waals surface area contributed by atoms with Crippen LogP contribution in [-0.4, -0.2) is 30.3 Å². The van der Waals surface area contributed by atoms with Gasteiger partial charge in [0.15, 0.2) is 0 Å². The summed E-state index contributed by atoms with van der Waals surface area (Å²) >= 11 is 0. The molecule has 1 unspecified atom stereocenters. The molecule has 0 radical (unpaired) electrons. The lowest BCUT2D eigenvalue weighted by Crippen LogP contribution is -2.35. The number of aliphatic hydroxyl groups excluding tert-OH is 1. The number of carbonyl (C=O) groups is 1. The topological polar surface area (TPSA) is 58.6 Å². The molecule has 0 saturated heterocycles. The molecule has 1 aromatic carbocycles. The number of amides is 1. The maximum atomic E-state index is 11.6. The molecule has 0 heterocycles. The number of benzene rings is 1. The van der Waals surface area contributed by atoms with Gasteiger partial charge in [-0.3, -0.25) is 4.79 Å². The van der Waals surface area contributed by atoms with E-state index < -0.39 is 0 Å². The number of para-hydroxylation sites is 1. The lowest BCUT2D eigenvalue weighted by Gasteiger charge is -2.15. The van der Waals surface area contributed by atoms with E-state index >= 15 is 0 Å². The Morgan fingerprint density at radius 2 is 2.11 bits per heavy atom. The normalized spacial score (nSPS) is 11.9. The Balaban J connectivity index is 2.20. The van der Waals surface area contributed by atoms with E-state index in [2.05, 4.69) is 5.32 Å². The van der Waals surface area contributed by atoms with Crippen molar-refractivity contribution in [3.63, 3.8) is 0 Å². The third-order valence-electron chi connectivity index (χ3n) is 2.68. The first kappa shape index (κ1) is 14.5. The van der Waals surface area contributed by atoms with Gasteiger partial charge in [-0.1, -0.05) is 25.1 Å². The quantitative estimate of drug-likeness (QED) is 0.740. The summed E-state index contributed by atoms with van der Waals surface area (Å²) in [5.41, 5.74) is 0. The maximum Gasteiger partial charge on any atom is 0.223 e. The summed E-state index contributed by atoms with van der Waals surface area (Å²) in [6.07, 6.45) is 1.75. The Hall–Kier alpha value is -1.55. The second-order valence-corrected chi connectivity index (χ2v) is 4.10. The number of nitrogens with one attached hydrogen (secondary N) is 1. The first-order valence-corrected chi connectivity index (χ1v) is 6.34. The van der Waals surface area contributed by atoms with E-state index in [4.69, 9.17) is 9.84 Å². The van der Waals surface area contributed by atoms with Crippen LogP contribution in [0.2, 0.25) is 0 Å². The van der Waals surface area contributed by atoms with Crippen LogP contribution in [0.4, 0.5) is 0 Å². The van der Waals surface area contributed by atoms with Crippen LogP contribution in [0.5, 0.6) is 5.75 Å². The van der Waals surface area contributed by atoms with Crippen LogP contribution in [0.25, 0.3) is 0 Å². The van der Waals surface area contributed by atoms with E-state index in [1.807, 2.05) is 37.3 Å². The molecule has 0 aliphatic heterocycles. The van der Waals surface area contributed by atoms with Crippen molar-refractivity contribution in [3.05, 3.63) is 30.3 Å². The second kappa shape index (κ2) is 8.53. The molecule has 0 aliphatic carbocycles. The molecule has 18 heavy (non-hydrogen) atoms. The predicted molar refractivity (Wildman–Crippen MR) is 70.5 cm³/mol. The van der Waals surface area contributed by atoms with Gasteiger partial charge in [0.05, 0.1) is 13.0 Å². The minimum absolute atomic E-state index is 0.0359. The highest BCUT2D eigenvalue weighted by molar-refractivity contribution is 5.76. The molecule has 0 bridgehead atoms. The van der Waals surface area contributed by atoms with Crippen molar-refractivity contribution in [2.75, 3.05) is 13.2 Å². The van der Waals surface area contributed by atoms with E-state index in [0.717, 1.165) is 12.2 Å². The van der Waals surface area contributed by atoms with Crippen molar-refractivity contribution in [2.45, 2.75) is 32.2 Å². The van der Waals surface area contributed by atoms with Crippen LogP contribution in [-0.2, 0) is 4.79 Å². The van der Waals surface area contributed by atoms with Crippen LogP contribution >= 0.6 is 0 Å². The van der Waals surface area contributed by atoms with E-state index in [1.165, 1.54) is 0 Å². The van der Waals surface area contributed by atoms with Gasteiger partial charge >= 0.3 is 0 Å². The van der Waals surface area contributed by atoms with E-state index in [9.17, 15) is 4.79 Å². The van der Waals surface area contributed by atoms with Crippen LogP contribution in [0.15, 0.2) is 30.3 Å². The molecule has 0 saturated carbocycles. The standard InChI is InChI=1S/C14H21NO3/c1-2-12(8-10-16)15-14(17)9-11-18-13-6-4-3-5-7-13/h3-7,12,16H,2,8-11H2,1H3,(H,15,17). The van der Waals surface area contributed by atoms with Gasteiger partial charge < -0.3 is 15.2 Å². The number of hydrogen-bond acceptors (Lipinski definition) is 3. The zero-order valence-corrected chi connectivity index (χ0v) is 10.8. The number of hydrogen-bond donors (Lipinski definition) is 2. The molecule has 0 fully saturated rings. The third kappa shape index (κ3) is 5.68. The SMILES string of the molecule is CCC(CCO)NC(=O)CCOc1ccccc1. The highest BCUT2D eigenvalue weighted by Crippen LogP contribution is 2.08. The third-order valence-corrected chi connectivity index (χ3v) is 2.68. The van der Waals surface area contributed by atoms with E-state index in [1.54, 1.807) is 0 Å². The van der Waals surface area contributed by atoms with Crippen LogP contribution in [0.1, 0.15) is 26.2 Å². The monoisotopic (exact) mass is 251 g/mol. The predicted octanol–water partition coefficient (Wildman–Crippen LogP) is 1.73. The summed E-state index contributed by atoms with van der Waals surface area (Å²) in [6, 6.07) is 9.48. The molecule has 2 N–H and O–H groups in total. The number of rotatable bonds is 8. The Labute approximate surface area is 108 Å². The first-order valence-electron chi connectivity index (χ1n) is 6.34. The Kier molecular flexibility index (Phi) is 6.87. The number of ether oxygens (including phenoxy) is 1. The van der Waals surface area contributed by atoms with Crippen LogP contribution < -0.4 is 10.1 Å². The van der Waals surface area contributed by atoms with Gasteiger partial charge in [-0.15, -0.1) is 0 Å². The zero-order chi connectivity index (χ0) is 13.2. The van der Waals surface area contributed by atoms with Crippen molar-refractivity contribution in [1.82, 2.24) is 5.32 Å². The molecular formula is C14H21NO3. The Morgan fingerprint density at radius 1 is 1.39 bits per heavy atom. The molecule has 100 valence electrons. The summed E-state index contributed by atoms with van der Waals surface area (Å²) in [5, 5.41) is 11.7. The van der Waals surface area contributed by atoms with Gasteiger partial charge in [0.1, 0.15) is 5.75 Å². The van der Waals surface area contributed by atoms with Crippen molar-refractivity contribution >= 4 is 5.91 Å². The van der Waals surface area contributed by atoms with Crippen LogP contribution in [0.3, 0.4) is 0 Å². The molecule has 4 nitrogen and oxygen atoms in total. The Morgan fingerprint density at radius 3 is 2.72 bits per heavy atom. The lowest BCUT2D eigenvalue weighted by molar-refractivity contribution is -0.122. The smallest absolute Gasteiger partial charge is 0.223 e. The summed E-state index contributed by atoms with van der Waals surface area (Å²) in [4.78, 5) is 11.6. The molecule has 4 heteroatoms. The second-order valence-electron chi connectivity index (χ2n) is 4.10. The van der Waals surface area contributed by atoms with Crippen LogP contribution in [0, 0.1) is 0 Å². The fourth-order valence-electron chi connectivity index (χ4n) is 1.61. The van der Waals surface area contributed by atoms with Gasteiger partial charge in [0.2, 0.25) is 5.91 Å². The first-order chi connectivity index (χ1) is 8.76. The summed E-state index contributed by atoms with van der Waals surface area (Å²) < 4.78 is 5.44.